The van der Waals surface area contributed by atoms with Crippen LogP contribution in [0.4, 0.5) is 0 Å². The molecule has 5 rings (SSSR count). The minimum Gasteiger partial charge on any atom is -0.381 e. The van der Waals surface area contributed by atoms with Crippen molar-refractivity contribution in [1.82, 2.24) is 34.9 Å². The van der Waals surface area contributed by atoms with Gasteiger partial charge < -0.3 is 15.0 Å². The summed E-state index contributed by atoms with van der Waals surface area (Å²) in [6.07, 6.45) is 7.71. The summed E-state index contributed by atoms with van der Waals surface area (Å²) >= 11 is 0. The van der Waals surface area contributed by atoms with Crippen molar-refractivity contribution in [3.63, 3.8) is 0 Å². The monoisotopic (exact) mass is 381 g/mol. The van der Waals surface area contributed by atoms with Crippen molar-refractivity contribution in [2.24, 2.45) is 5.92 Å². The molecule has 3 aromatic rings. The normalized spacial score (nSPS) is 23.4. The topological polar surface area (TPSA) is 110 Å². The summed E-state index contributed by atoms with van der Waals surface area (Å²) in [5.74, 6) is 3.03. The van der Waals surface area contributed by atoms with Crippen LogP contribution in [-0.4, -0.2) is 55.9 Å². The first-order chi connectivity index (χ1) is 13.8. The van der Waals surface area contributed by atoms with Crippen molar-refractivity contribution in [1.29, 1.82) is 0 Å². The van der Waals surface area contributed by atoms with Gasteiger partial charge in [0, 0.05) is 50.4 Å². The van der Waals surface area contributed by atoms with Crippen molar-refractivity contribution in [2.45, 2.75) is 31.1 Å². The Labute approximate surface area is 161 Å². The van der Waals surface area contributed by atoms with Crippen molar-refractivity contribution in [2.75, 3.05) is 26.3 Å². The Bertz CT molecular complexity index is 1010. The summed E-state index contributed by atoms with van der Waals surface area (Å²) in [5.41, 5.74) is 0.358. The Balaban J connectivity index is 1.48. The zero-order valence-corrected chi connectivity index (χ0v) is 15.5. The molecule has 2 aliphatic heterocycles. The molecular weight excluding hydrogens is 358 g/mol. The van der Waals surface area contributed by atoms with Gasteiger partial charge in [0.25, 0.3) is 5.56 Å². The number of fused-ring (bicyclic) bond motifs is 1. The van der Waals surface area contributed by atoms with E-state index in [1.165, 1.54) is 0 Å². The highest BCUT2D eigenvalue weighted by atomic mass is 16.5. The zero-order chi connectivity index (χ0) is 18.9. The van der Waals surface area contributed by atoms with Crippen LogP contribution >= 0.6 is 0 Å². The van der Waals surface area contributed by atoms with Gasteiger partial charge in [0.05, 0.1) is 6.20 Å². The van der Waals surface area contributed by atoms with Crippen LogP contribution in [0.2, 0.25) is 0 Å². The fourth-order valence-electron chi connectivity index (χ4n) is 4.27. The average molecular weight is 381 g/mol. The smallest absolute Gasteiger partial charge is 0.276 e. The third-order valence-corrected chi connectivity index (χ3v) is 5.79. The molecule has 2 aliphatic rings. The maximum Gasteiger partial charge on any atom is 0.276 e. The Morgan fingerprint density at radius 1 is 1.14 bits per heavy atom. The largest absolute Gasteiger partial charge is 0.381 e. The number of hydrogen-bond acceptors (Lipinski definition) is 7. The summed E-state index contributed by atoms with van der Waals surface area (Å²) in [4.78, 5) is 28.9. The second kappa shape index (κ2) is 7.40. The number of aromatic amines is 1. The van der Waals surface area contributed by atoms with Gasteiger partial charge >= 0.3 is 0 Å². The number of H-pyrrole nitrogens is 1. The first kappa shape index (κ1) is 17.4. The lowest BCUT2D eigenvalue weighted by Crippen LogP contribution is -2.25. The highest BCUT2D eigenvalue weighted by molar-refractivity contribution is 5.42. The SMILES string of the molecule is O=c1[nH]c(C2CNCC2Cc2ncccn2)nn2c(C3CCOCC3)ncc12. The molecule has 0 amide bonds. The zero-order valence-electron chi connectivity index (χ0n) is 15.5. The third-order valence-electron chi connectivity index (χ3n) is 5.79. The maximum absolute atomic E-state index is 12.7. The van der Waals surface area contributed by atoms with Crippen LogP contribution in [0.5, 0.6) is 0 Å². The number of nitrogens with zero attached hydrogens (tertiary/aromatic N) is 5. The van der Waals surface area contributed by atoms with Crippen LogP contribution in [-0.2, 0) is 11.2 Å². The Kier molecular flexibility index (Phi) is 4.61. The molecule has 2 saturated heterocycles. The van der Waals surface area contributed by atoms with E-state index in [0.717, 1.165) is 57.2 Å². The van der Waals surface area contributed by atoms with Crippen LogP contribution in [0.15, 0.2) is 29.5 Å². The molecule has 28 heavy (non-hydrogen) atoms. The van der Waals surface area contributed by atoms with Crippen LogP contribution < -0.4 is 10.9 Å². The van der Waals surface area contributed by atoms with E-state index in [-0.39, 0.29) is 23.3 Å². The number of nitrogens with one attached hydrogen (secondary N) is 2. The fraction of sp³-hybridized carbons (Fsp3) is 0.526. The molecule has 2 unspecified atom stereocenters. The van der Waals surface area contributed by atoms with Crippen LogP contribution in [0.1, 0.15) is 42.2 Å². The van der Waals surface area contributed by atoms with Gasteiger partial charge in [0.15, 0.2) is 5.52 Å². The highest BCUT2D eigenvalue weighted by Gasteiger charge is 2.32. The standard InChI is InChI=1S/C19H23N7O2/c27-19-15-11-23-18(12-2-6-28-7-3-12)26(15)25-17(24-19)14-10-20-9-13(14)8-16-21-4-1-5-22-16/h1,4-5,11-14,20H,2-3,6-10H2,(H,24,25,27). The van der Waals surface area contributed by atoms with E-state index < -0.39 is 0 Å². The fourth-order valence-corrected chi connectivity index (χ4v) is 4.27. The van der Waals surface area contributed by atoms with Gasteiger partial charge in [0.2, 0.25) is 0 Å². The molecule has 5 heterocycles. The lowest BCUT2D eigenvalue weighted by Gasteiger charge is -2.21. The van der Waals surface area contributed by atoms with Crippen molar-refractivity contribution in [3.8, 4) is 0 Å². The molecule has 2 N–H and O–H groups in total. The molecule has 3 aromatic heterocycles. The van der Waals surface area contributed by atoms with Crippen molar-refractivity contribution >= 4 is 5.52 Å². The van der Waals surface area contributed by atoms with Gasteiger partial charge in [0.1, 0.15) is 17.5 Å². The Morgan fingerprint density at radius 2 is 1.96 bits per heavy atom. The van der Waals surface area contributed by atoms with Gasteiger partial charge in [-0.3, -0.25) is 4.79 Å². The van der Waals surface area contributed by atoms with Crippen molar-refractivity contribution in [3.05, 3.63) is 52.5 Å². The number of imidazole rings is 1. The lowest BCUT2D eigenvalue weighted by atomic mass is 9.92. The quantitative estimate of drug-likeness (QED) is 0.683. The molecule has 2 atom stereocenters. The molecule has 0 aliphatic carbocycles. The average Bonchev–Trinajstić information content (AvgIpc) is 3.36. The van der Waals surface area contributed by atoms with Gasteiger partial charge in [-0.1, -0.05) is 0 Å². The van der Waals surface area contributed by atoms with E-state index in [4.69, 9.17) is 9.84 Å². The first-order valence-corrected chi connectivity index (χ1v) is 9.82. The second-order valence-corrected chi connectivity index (χ2v) is 7.53. The van der Waals surface area contributed by atoms with E-state index in [2.05, 4.69) is 25.3 Å². The van der Waals surface area contributed by atoms with E-state index >= 15 is 0 Å². The van der Waals surface area contributed by atoms with Gasteiger partial charge in [-0.2, -0.15) is 5.10 Å². The summed E-state index contributed by atoms with van der Waals surface area (Å²) in [7, 11) is 0. The van der Waals surface area contributed by atoms with Gasteiger partial charge in [-0.15, -0.1) is 0 Å². The van der Waals surface area contributed by atoms with E-state index in [0.29, 0.717) is 11.3 Å². The van der Waals surface area contributed by atoms with Crippen LogP contribution in [0.3, 0.4) is 0 Å². The number of ether oxygens (including phenoxy) is 1. The summed E-state index contributed by atoms with van der Waals surface area (Å²) in [6, 6.07) is 1.82. The van der Waals surface area contributed by atoms with E-state index in [1.807, 2.05) is 6.07 Å². The van der Waals surface area contributed by atoms with Crippen molar-refractivity contribution < 1.29 is 4.74 Å². The molecule has 9 heteroatoms. The Hall–Kier alpha value is -2.65. The third kappa shape index (κ3) is 3.20. The highest BCUT2D eigenvalue weighted by Crippen LogP contribution is 2.29. The number of rotatable bonds is 4. The summed E-state index contributed by atoms with van der Waals surface area (Å²) in [6.45, 7) is 3.07. The molecule has 0 bridgehead atoms. The lowest BCUT2D eigenvalue weighted by molar-refractivity contribution is 0.0832. The predicted octanol–water partition coefficient (Wildman–Crippen LogP) is 0.647. The van der Waals surface area contributed by atoms with Gasteiger partial charge in [-0.05, 0) is 31.4 Å². The molecule has 0 saturated carbocycles. The molecule has 0 spiro atoms. The molecule has 2 fully saturated rings. The summed E-state index contributed by atoms with van der Waals surface area (Å²) in [5, 5.41) is 8.24. The van der Waals surface area contributed by atoms with Crippen LogP contribution in [0.25, 0.3) is 5.52 Å². The first-order valence-electron chi connectivity index (χ1n) is 9.82. The number of aromatic nitrogens is 6. The minimum atomic E-state index is -0.141. The molecule has 146 valence electrons. The predicted molar refractivity (Wildman–Crippen MR) is 101 cm³/mol. The van der Waals surface area contributed by atoms with E-state index in [1.54, 1.807) is 23.1 Å². The number of hydrogen-bond donors (Lipinski definition) is 2. The summed E-state index contributed by atoms with van der Waals surface area (Å²) < 4.78 is 7.21. The minimum absolute atomic E-state index is 0.103. The Morgan fingerprint density at radius 3 is 2.79 bits per heavy atom. The maximum atomic E-state index is 12.7. The van der Waals surface area contributed by atoms with Gasteiger partial charge in [-0.25, -0.2) is 19.5 Å². The van der Waals surface area contributed by atoms with E-state index in [9.17, 15) is 4.79 Å². The van der Waals surface area contributed by atoms with Crippen LogP contribution in [0, 0.1) is 5.92 Å². The second-order valence-electron chi connectivity index (χ2n) is 7.53. The molecular formula is C19H23N7O2. The molecule has 0 aromatic carbocycles. The molecule has 9 nitrogen and oxygen atoms in total. The molecule has 0 radical (unpaired) electrons.